The third kappa shape index (κ3) is 11.0. The number of allylic oxidation sites excluding steroid dienone is 1. The Hall–Kier alpha value is -2.74. The number of aliphatic hydroxyl groups is 1. The molecule has 2 fully saturated rings. The van der Waals surface area contributed by atoms with E-state index in [1.165, 1.54) is 0 Å². The summed E-state index contributed by atoms with van der Waals surface area (Å²) in [4.78, 5) is 0. The third-order valence-electron chi connectivity index (χ3n) is 7.53. The average Bonchev–Trinajstić information content (AvgIpc) is 3.90. The summed E-state index contributed by atoms with van der Waals surface area (Å²) in [5.41, 5.74) is -8.41. The van der Waals surface area contributed by atoms with Gasteiger partial charge in [0, 0.05) is 0 Å². The summed E-state index contributed by atoms with van der Waals surface area (Å²) >= 11 is 0. The topological polar surface area (TPSA) is 20.2 Å². The minimum Gasteiger partial charge on any atom is -0.390 e. The van der Waals surface area contributed by atoms with Crippen molar-refractivity contribution in [2.45, 2.75) is 39.1 Å². The number of rotatable bonds is 6. The van der Waals surface area contributed by atoms with Crippen molar-refractivity contribution in [3.63, 3.8) is 0 Å². The van der Waals surface area contributed by atoms with E-state index >= 15 is 0 Å². The van der Waals surface area contributed by atoms with E-state index in [0.29, 0.717) is 0 Å². The van der Waals surface area contributed by atoms with Crippen molar-refractivity contribution in [1.82, 2.24) is 0 Å². The molecule has 0 spiro atoms. The molecular formula is C36H27BF15OZr+2. The average molecular weight is 863 g/mol. The van der Waals surface area contributed by atoms with Crippen LogP contribution in [0.5, 0.6) is 0 Å². The quantitative estimate of drug-likeness (QED) is 0.0866. The van der Waals surface area contributed by atoms with E-state index < -0.39 is 115 Å². The van der Waals surface area contributed by atoms with E-state index in [1.807, 2.05) is 70.3 Å². The second kappa shape index (κ2) is 21.0. The molecule has 11 radical (unpaired) electrons. The standard InChI is InChI=1S/C19H3BF15.C7H14O.2C5H5.Zr/c1-20(2-5(21)11(27)17(33)12(28)6(2)22,3-7(23)13(29)18(34)14(30)8(3)24)4-9(25)15(31)19(35)16(32)10(4)26;1-4-5-6-7(2,3)8;2*1-2-4-5-3-1;/h1H3;4,8H,1,5-6H2,2-3H3;2*1-5H;/q-1;;;;+3. The van der Waals surface area contributed by atoms with Gasteiger partial charge in [-0.15, -0.1) is 23.0 Å². The molecule has 287 valence electrons. The summed E-state index contributed by atoms with van der Waals surface area (Å²) in [6, 6.07) is 0. The Morgan fingerprint density at radius 1 is 0.444 bits per heavy atom. The van der Waals surface area contributed by atoms with Gasteiger partial charge in [0.2, 0.25) is 0 Å². The maximum Gasteiger partial charge on any atom is 3.00 e. The van der Waals surface area contributed by atoms with Gasteiger partial charge >= 0.3 is 26.2 Å². The molecule has 0 atom stereocenters. The fourth-order valence-corrected chi connectivity index (χ4v) is 4.92. The Balaban J connectivity index is 0.000000622. The van der Waals surface area contributed by atoms with E-state index in [4.69, 9.17) is 5.11 Å². The van der Waals surface area contributed by atoms with Gasteiger partial charge in [-0.05, 0) is 90.9 Å². The molecule has 1 N–H and O–H groups in total. The van der Waals surface area contributed by atoms with Crippen LogP contribution in [0, 0.1) is 151 Å². The zero-order chi connectivity index (χ0) is 40.6. The van der Waals surface area contributed by atoms with E-state index in [0.717, 1.165) is 12.8 Å². The Morgan fingerprint density at radius 3 is 0.741 bits per heavy atom. The number of benzene rings is 3. The summed E-state index contributed by atoms with van der Waals surface area (Å²) in [5.74, 6) is -45.1. The predicted molar refractivity (Wildman–Crippen MR) is 168 cm³/mol. The summed E-state index contributed by atoms with van der Waals surface area (Å²) in [5, 5.41) is 9.10. The van der Waals surface area contributed by atoms with Crippen molar-refractivity contribution in [2.24, 2.45) is 0 Å². The van der Waals surface area contributed by atoms with Crippen LogP contribution in [-0.4, -0.2) is 16.9 Å². The molecule has 0 saturated heterocycles. The van der Waals surface area contributed by atoms with Crippen molar-refractivity contribution >= 4 is 22.5 Å². The summed E-state index contributed by atoms with van der Waals surface area (Å²) in [7, 11) is 0. The molecule has 0 amide bonds. The number of halogens is 15. The Morgan fingerprint density at radius 2 is 0.611 bits per heavy atom. The largest absolute Gasteiger partial charge is 3.00 e. The second-order valence-corrected chi connectivity index (χ2v) is 11.8. The molecule has 3 aromatic rings. The van der Waals surface area contributed by atoms with Crippen LogP contribution in [0.25, 0.3) is 0 Å². The minimum absolute atomic E-state index is 0. The molecule has 2 aliphatic carbocycles. The van der Waals surface area contributed by atoms with Crippen molar-refractivity contribution in [1.29, 1.82) is 0 Å². The molecule has 2 saturated carbocycles. The molecule has 18 heteroatoms. The first-order valence-corrected chi connectivity index (χ1v) is 15.0. The molecule has 54 heavy (non-hydrogen) atoms. The number of hydrogen-bond donors (Lipinski definition) is 1. The van der Waals surface area contributed by atoms with Gasteiger partial charge in [0.05, 0.1) is 5.60 Å². The van der Waals surface area contributed by atoms with Crippen LogP contribution in [0.3, 0.4) is 0 Å². The van der Waals surface area contributed by atoms with E-state index in [1.54, 1.807) is 13.8 Å². The molecule has 0 aromatic heterocycles. The first kappa shape index (κ1) is 49.3. The molecule has 0 heterocycles. The first-order chi connectivity index (χ1) is 24.6. The maximum absolute atomic E-state index is 14.6. The first-order valence-electron chi connectivity index (χ1n) is 15.0. The van der Waals surface area contributed by atoms with Crippen molar-refractivity contribution in [3.05, 3.63) is 164 Å². The molecular weight excluding hydrogens is 835 g/mol. The fraction of sp³-hybridized carbons (Fsp3) is 0.167. The molecule has 3 aromatic carbocycles. The molecule has 2 aliphatic rings. The number of hydrogen-bond acceptors (Lipinski definition) is 1. The molecule has 1 nitrogen and oxygen atoms in total. The van der Waals surface area contributed by atoms with Gasteiger partial charge in [-0.3, -0.25) is 0 Å². The predicted octanol–water partition coefficient (Wildman–Crippen LogP) is 8.64. The second-order valence-electron chi connectivity index (χ2n) is 11.8. The van der Waals surface area contributed by atoms with Crippen LogP contribution in [-0.2, 0) is 26.2 Å². The van der Waals surface area contributed by atoms with Crippen LogP contribution in [0.4, 0.5) is 65.9 Å². The van der Waals surface area contributed by atoms with Gasteiger partial charge in [0.15, 0.2) is 52.4 Å². The third-order valence-corrected chi connectivity index (χ3v) is 7.53. The van der Waals surface area contributed by atoms with E-state index in [-0.39, 0.29) is 33.0 Å². The van der Waals surface area contributed by atoms with Gasteiger partial charge in [0.25, 0.3) is 0 Å². The minimum atomic E-state index is -5.41. The maximum atomic E-state index is 14.6. The van der Waals surface area contributed by atoms with Crippen molar-refractivity contribution < 1.29 is 97.2 Å². The van der Waals surface area contributed by atoms with E-state index in [2.05, 4.69) is 6.58 Å². The van der Waals surface area contributed by atoms with Crippen molar-refractivity contribution in [2.75, 3.05) is 0 Å². The molecule has 0 bridgehead atoms. The normalized spacial score (nSPS) is 13.9. The monoisotopic (exact) mass is 861 g/mol. The van der Waals surface area contributed by atoms with Crippen LogP contribution < -0.4 is 16.4 Å². The Bertz CT molecular complexity index is 1490. The van der Waals surface area contributed by atoms with Gasteiger partial charge < -0.3 is 5.11 Å². The van der Waals surface area contributed by atoms with Crippen LogP contribution in [0.1, 0.15) is 26.7 Å². The zero-order valence-corrected chi connectivity index (χ0v) is 30.6. The molecule has 0 unspecified atom stereocenters. The van der Waals surface area contributed by atoms with E-state index in [9.17, 15) is 65.9 Å². The van der Waals surface area contributed by atoms with Gasteiger partial charge in [-0.2, -0.15) is 6.82 Å². The van der Waals surface area contributed by atoms with Gasteiger partial charge in [-0.1, -0.05) is 6.08 Å². The molecule has 5 rings (SSSR count). The summed E-state index contributed by atoms with van der Waals surface area (Å²) < 4.78 is 212. The Kier molecular flexibility index (Phi) is 19.1. The SMILES string of the molecule is C=CCCC(C)(C)O.C[B-](c1c(F)c(F)c(F)c(F)c1F)(c1c(F)c(F)c(F)c(F)c1F)c1c(F)c(F)c(F)c(F)c1F.[CH]1[CH][CH][CH][CH]1.[CH]1[CH][CH][CH][CH]1.[Zr+3]. The summed E-state index contributed by atoms with van der Waals surface area (Å²) in [6.07, 6.45) is 18.1. The Labute approximate surface area is 322 Å². The smallest absolute Gasteiger partial charge is 0.390 e. The fourth-order valence-electron chi connectivity index (χ4n) is 4.92. The van der Waals surface area contributed by atoms with Crippen molar-refractivity contribution in [3.8, 4) is 0 Å². The van der Waals surface area contributed by atoms with Crippen LogP contribution in [0.2, 0.25) is 6.82 Å². The van der Waals surface area contributed by atoms with Crippen LogP contribution >= 0.6 is 0 Å². The summed E-state index contributed by atoms with van der Waals surface area (Å²) in [6.45, 7) is 6.94. The van der Waals surface area contributed by atoms with Gasteiger partial charge in [0.1, 0.15) is 41.0 Å². The molecule has 0 aliphatic heterocycles. The zero-order valence-electron chi connectivity index (χ0n) is 28.2. The van der Waals surface area contributed by atoms with Gasteiger partial charge in [-0.25, -0.2) is 65.9 Å². The van der Waals surface area contributed by atoms with Crippen LogP contribution in [0.15, 0.2) is 12.7 Å².